The van der Waals surface area contributed by atoms with Crippen molar-refractivity contribution in [3.05, 3.63) is 83.6 Å². The number of carbonyl (C=O) groups excluding carboxylic acids is 1. The zero-order valence-corrected chi connectivity index (χ0v) is 14.3. The van der Waals surface area contributed by atoms with E-state index in [1.54, 1.807) is 10.9 Å². The van der Waals surface area contributed by atoms with E-state index < -0.39 is 0 Å². The third kappa shape index (κ3) is 2.93. The predicted molar refractivity (Wildman–Crippen MR) is 99.0 cm³/mol. The SMILES string of the molecule is Cc1c(C(=O)NCc2ccccc2)cccc1-n1nnc2cccnc21. The van der Waals surface area contributed by atoms with Gasteiger partial charge in [0.25, 0.3) is 5.91 Å². The highest BCUT2D eigenvalue weighted by atomic mass is 16.1. The normalized spacial score (nSPS) is 10.8. The second-order valence-electron chi connectivity index (χ2n) is 5.97. The number of hydrogen-bond acceptors (Lipinski definition) is 4. The van der Waals surface area contributed by atoms with Crippen molar-refractivity contribution in [3.8, 4) is 5.69 Å². The van der Waals surface area contributed by atoms with Crippen molar-refractivity contribution in [1.82, 2.24) is 25.3 Å². The van der Waals surface area contributed by atoms with Crippen LogP contribution in [0.4, 0.5) is 0 Å². The molecule has 2 heterocycles. The summed E-state index contributed by atoms with van der Waals surface area (Å²) < 4.78 is 1.67. The van der Waals surface area contributed by atoms with Crippen LogP contribution < -0.4 is 5.32 Å². The molecule has 4 rings (SSSR count). The number of nitrogens with zero attached hydrogens (tertiary/aromatic N) is 4. The van der Waals surface area contributed by atoms with E-state index in [2.05, 4.69) is 20.6 Å². The van der Waals surface area contributed by atoms with E-state index in [1.807, 2.05) is 67.6 Å². The number of rotatable bonds is 4. The Bertz CT molecular complexity index is 1070. The predicted octanol–water partition coefficient (Wildman–Crippen LogP) is 3.05. The van der Waals surface area contributed by atoms with E-state index >= 15 is 0 Å². The van der Waals surface area contributed by atoms with Gasteiger partial charge in [-0.1, -0.05) is 41.6 Å². The molecule has 0 spiro atoms. The summed E-state index contributed by atoms with van der Waals surface area (Å²) in [5.74, 6) is -0.120. The van der Waals surface area contributed by atoms with Gasteiger partial charge >= 0.3 is 0 Å². The van der Waals surface area contributed by atoms with Crippen LogP contribution in [0.3, 0.4) is 0 Å². The topological polar surface area (TPSA) is 72.7 Å². The number of aromatic nitrogens is 4. The monoisotopic (exact) mass is 343 g/mol. The van der Waals surface area contributed by atoms with Gasteiger partial charge in [0.15, 0.2) is 5.65 Å². The molecule has 2 aromatic heterocycles. The van der Waals surface area contributed by atoms with E-state index in [4.69, 9.17) is 0 Å². The van der Waals surface area contributed by atoms with Crippen LogP contribution in [0.25, 0.3) is 16.9 Å². The van der Waals surface area contributed by atoms with Crippen molar-refractivity contribution in [1.29, 1.82) is 0 Å². The summed E-state index contributed by atoms with van der Waals surface area (Å²) in [4.78, 5) is 17.0. The molecule has 0 aliphatic carbocycles. The molecule has 0 radical (unpaired) electrons. The summed E-state index contributed by atoms with van der Waals surface area (Å²) in [6, 6.07) is 19.1. The van der Waals surface area contributed by atoms with Crippen LogP contribution >= 0.6 is 0 Å². The largest absolute Gasteiger partial charge is 0.348 e. The molecule has 0 saturated heterocycles. The Hall–Kier alpha value is -3.54. The number of amides is 1. The van der Waals surface area contributed by atoms with Crippen molar-refractivity contribution in [3.63, 3.8) is 0 Å². The Morgan fingerprint density at radius 1 is 1.04 bits per heavy atom. The zero-order chi connectivity index (χ0) is 17.9. The molecular weight excluding hydrogens is 326 g/mol. The van der Waals surface area contributed by atoms with Crippen LogP contribution in [0, 0.1) is 6.92 Å². The maximum atomic E-state index is 12.7. The quantitative estimate of drug-likeness (QED) is 0.618. The third-order valence-corrected chi connectivity index (χ3v) is 4.28. The first-order valence-electron chi connectivity index (χ1n) is 8.32. The lowest BCUT2D eigenvalue weighted by molar-refractivity contribution is 0.0950. The minimum atomic E-state index is -0.120. The van der Waals surface area contributed by atoms with Crippen molar-refractivity contribution in [2.75, 3.05) is 0 Å². The Morgan fingerprint density at radius 3 is 2.73 bits per heavy atom. The van der Waals surface area contributed by atoms with E-state index in [1.165, 1.54) is 0 Å². The maximum Gasteiger partial charge on any atom is 0.251 e. The Labute approximate surface area is 150 Å². The lowest BCUT2D eigenvalue weighted by Gasteiger charge is -2.11. The standard InChI is InChI=1S/C20H17N5O/c1-14-16(20(26)22-13-15-7-3-2-4-8-15)9-5-11-18(14)25-19-17(23-24-25)10-6-12-21-19/h2-12H,13H2,1H3,(H,22,26). The second kappa shape index (κ2) is 6.76. The summed E-state index contributed by atoms with van der Waals surface area (Å²) in [6.07, 6.45) is 1.70. The molecule has 128 valence electrons. The highest BCUT2D eigenvalue weighted by Gasteiger charge is 2.15. The van der Waals surface area contributed by atoms with Gasteiger partial charge in [-0.25, -0.2) is 4.98 Å². The van der Waals surface area contributed by atoms with Crippen molar-refractivity contribution in [2.24, 2.45) is 0 Å². The van der Waals surface area contributed by atoms with Crippen molar-refractivity contribution in [2.45, 2.75) is 13.5 Å². The summed E-state index contributed by atoms with van der Waals surface area (Å²) in [6.45, 7) is 2.39. The number of pyridine rings is 1. The van der Waals surface area contributed by atoms with Crippen LogP contribution in [-0.4, -0.2) is 25.9 Å². The minimum absolute atomic E-state index is 0.120. The molecule has 0 bridgehead atoms. The van der Waals surface area contributed by atoms with Gasteiger partial charge < -0.3 is 5.32 Å². The molecule has 0 aliphatic rings. The number of carbonyl (C=O) groups is 1. The van der Waals surface area contributed by atoms with Gasteiger partial charge in [-0.3, -0.25) is 4.79 Å². The summed E-state index contributed by atoms with van der Waals surface area (Å²) in [5.41, 5.74) is 4.66. The molecule has 6 nitrogen and oxygen atoms in total. The van der Waals surface area contributed by atoms with E-state index in [-0.39, 0.29) is 5.91 Å². The van der Waals surface area contributed by atoms with Gasteiger partial charge in [0.1, 0.15) is 5.52 Å². The summed E-state index contributed by atoms with van der Waals surface area (Å²) >= 11 is 0. The van der Waals surface area contributed by atoms with Gasteiger partial charge in [-0.05, 0) is 42.3 Å². The van der Waals surface area contributed by atoms with Crippen LogP contribution in [0.2, 0.25) is 0 Å². The summed E-state index contributed by atoms with van der Waals surface area (Å²) in [5, 5.41) is 11.3. The molecule has 4 aromatic rings. The van der Waals surface area contributed by atoms with Crippen LogP contribution in [0.1, 0.15) is 21.5 Å². The van der Waals surface area contributed by atoms with Gasteiger partial charge in [-0.2, -0.15) is 4.68 Å². The smallest absolute Gasteiger partial charge is 0.251 e. The molecule has 0 unspecified atom stereocenters. The Balaban J connectivity index is 1.64. The fourth-order valence-electron chi connectivity index (χ4n) is 2.90. The van der Waals surface area contributed by atoms with E-state index in [9.17, 15) is 4.79 Å². The molecule has 0 fully saturated rings. The van der Waals surface area contributed by atoms with Gasteiger partial charge in [0.05, 0.1) is 5.69 Å². The number of fused-ring (bicyclic) bond motifs is 1. The van der Waals surface area contributed by atoms with Gasteiger partial charge in [0, 0.05) is 18.3 Å². The molecular formula is C20H17N5O. The lowest BCUT2D eigenvalue weighted by Crippen LogP contribution is -2.24. The fraction of sp³-hybridized carbons (Fsp3) is 0.100. The van der Waals surface area contributed by atoms with Gasteiger partial charge in [-0.15, -0.1) is 5.10 Å². The van der Waals surface area contributed by atoms with Crippen molar-refractivity contribution >= 4 is 17.1 Å². The van der Waals surface area contributed by atoms with Crippen LogP contribution in [0.5, 0.6) is 0 Å². The van der Waals surface area contributed by atoms with Crippen LogP contribution in [-0.2, 0) is 6.54 Å². The molecule has 0 saturated carbocycles. The average molecular weight is 343 g/mol. The minimum Gasteiger partial charge on any atom is -0.348 e. The summed E-state index contributed by atoms with van der Waals surface area (Å²) in [7, 11) is 0. The molecule has 1 N–H and O–H groups in total. The number of nitrogens with one attached hydrogen (secondary N) is 1. The van der Waals surface area contributed by atoms with Gasteiger partial charge in [0.2, 0.25) is 0 Å². The highest BCUT2D eigenvalue weighted by Crippen LogP contribution is 2.20. The number of benzene rings is 2. The van der Waals surface area contributed by atoms with E-state index in [0.717, 1.165) is 16.8 Å². The highest BCUT2D eigenvalue weighted by molar-refractivity contribution is 5.96. The number of hydrogen-bond donors (Lipinski definition) is 1. The zero-order valence-electron chi connectivity index (χ0n) is 14.3. The third-order valence-electron chi connectivity index (χ3n) is 4.28. The molecule has 26 heavy (non-hydrogen) atoms. The first-order valence-corrected chi connectivity index (χ1v) is 8.32. The Morgan fingerprint density at radius 2 is 1.88 bits per heavy atom. The lowest BCUT2D eigenvalue weighted by atomic mass is 10.1. The van der Waals surface area contributed by atoms with Crippen molar-refractivity contribution < 1.29 is 4.79 Å². The Kier molecular flexibility index (Phi) is 4.15. The first-order chi connectivity index (χ1) is 12.7. The first kappa shape index (κ1) is 16.0. The fourth-order valence-corrected chi connectivity index (χ4v) is 2.90. The second-order valence-corrected chi connectivity index (χ2v) is 5.97. The molecule has 6 heteroatoms. The molecule has 0 atom stereocenters. The maximum absolute atomic E-state index is 12.7. The van der Waals surface area contributed by atoms with Crippen LogP contribution in [0.15, 0.2) is 66.9 Å². The molecule has 0 aliphatic heterocycles. The van der Waals surface area contributed by atoms with E-state index in [0.29, 0.717) is 23.3 Å². The molecule has 1 amide bonds. The average Bonchev–Trinajstić information content (AvgIpc) is 3.11. The molecule has 2 aromatic carbocycles.